The molecule has 3 heterocycles. The van der Waals surface area contributed by atoms with E-state index in [-0.39, 0.29) is 11.9 Å². The monoisotopic (exact) mass is 393 g/mol. The van der Waals surface area contributed by atoms with Crippen LogP contribution in [0.5, 0.6) is 5.75 Å². The number of carbonyl (C=O) groups excluding carboxylic acids is 1. The van der Waals surface area contributed by atoms with Crippen molar-refractivity contribution in [2.24, 2.45) is 7.05 Å². The standard InChI is InChI=1S/C22H27N5O2/c1-25-13-7-11-21(25)22(28)27-14-6-5-8-19(27)12-15-26-16-18(23-24-26)17-29-20-9-3-2-4-10-20/h2-4,7,9-11,13,16,19H,5-6,8,12,14-15,17H2,1H3. The lowest BCUT2D eigenvalue weighted by molar-refractivity contribution is 0.0584. The number of hydrogen-bond donors (Lipinski definition) is 0. The molecule has 7 heteroatoms. The fourth-order valence-electron chi connectivity index (χ4n) is 3.87. The van der Waals surface area contributed by atoms with Gasteiger partial charge in [0.25, 0.3) is 5.91 Å². The van der Waals surface area contributed by atoms with Crippen molar-refractivity contribution in [3.63, 3.8) is 0 Å². The highest BCUT2D eigenvalue weighted by molar-refractivity contribution is 5.93. The number of hydrogen-bond acceptors (Lipinski definition) is 4. The predicted molar refractivity (Wildman–Crippen MR) is 110 cm³/mol. The van der Waals surface area contributed by atoms with E-state index < -0.39 is 0 Å². The van der Waals surface area contributed by atoms with Crippen LogP contribution in [0.25, 0.3) is 0 Å². The first-order valence-corrected chi connectivity index (χ1v) is 10.2. The number of para-hydroxylation sites is 1. The third-order valence-corrected chi connectivity index (χ3v) is 5.46. The Morgan fingerprint density at radius 2 is 2.03 bits per heavy atom. The summed E-state index contributed by atoms with van der Waals surface area (Å²) in [6.45, 7) is 1.95. The Bertz CT molecular complexity index is 934. The van der Waals surface area contributed by atoms with Gasteiger partial charge in [0.15, 0.2) is 0 Å². The largest absolute Gasteiger partial charge is 0.487 e. The van der Waals surface area contributed by atoms with E-state index in [9.17, 15) is 4.79 Å². The van der Waals surface area contributed by atoms with Gasteiger partial charge >= 0.3 is 0 Å². The molecule has 0 N–H and O–H groups in total. The first kappa shape index (κ1) is 19.2. The van der Waals surface area contributed by atoms with Gasteiger partial charge in [-0.05, 0) is 49.9 Å². The highest BCUT2D eigenvalue weighted by Gasteiger charge is 2.28. The molecule has 0 aliphatic carbocycles. The average Bonchev–Trinajstić information content (AvgIpc) is 3.40. The minimum Gasteiger partial charge on any atom is -0.487 e. The molecule has 1 fully saturated rings. The lowest BCUT2D eigenvalue weighted by Gasteiger charge is -2.36. The summed E-state index contributed by atoms with van der Waals surface area (Å²) < 4.78 is 9.47. The maximum Gasteiger partial charge on any atom is 0.270 e. The quantitative estimate of drug-likeness (QED) is 0.618. The number of nitrogens with zero attached hydrogens (tertiary/aromatic N) is 5. The van der Waals surface area contributed by atoms with Gasteiger partial charge < -0.3 is 14.2 Å². The number of aromatic nitrogens is 4. The maximum absolute atomic E-state index is 13.0. The fourth-order valence-corrected chi connectivity index (χ4v) is 3.87. The number of rotatable bonds is 7. The summed E-state index contributed by atoms with van der Waals surface area (Å²) in [5.41, 5.74) is 1.55. The van der Waals surface area contributed by atoms with E-state index in [1.165, 1.54) is 0 Å². The Morgan fingerprint density at radius 1 is 1.17 bits per heavy atom. The van der Waals surface area contributed by atoms with E-state index >= 15 is 0 Å². The van der Waals surface area contributed by atoms with Crippen molar-refractivity contribution < 1.29 is 9.53 Å². The molecule has 0 bridgehead atoms. The Balaban J connectivity index is 1.33. The highest BCUT2D eigenvalue weighted by atomic mass is 16.5. The van der Waals surface area contributed by atoms with Gasteiger partial charge in [0, 0.05) is 32.4 Å². The van der Waals surface area contributed by atoms with E-state index in [1.807, 2.05) is 76.1 Å². The van der Waals surface area contributed by atoms with Gasteiger partial charge in [-0.15, -0.1) is 5.10 Å². The van der Waals surface area contributed by atoms with Crippen molar-refractivity contribution in [1.82, 2.24) is 24.5 Å². The molecule has 4 rings (SSSR count). The molecule has 2 aromatic heterocycles. The second kappa shape index (κ2) is 8.94. The predicted octanol–water partition coefficient (Wildman–Crippen LogP) is 3.28. The lowest BCUT2D eigenvalue weighted by atomic mass is 9.99. The van der Waals surface area contributed by atoms with Crippen molar-refractivity contribution in [2.75, 3.05) is 6.54 Å². The summed E-state index contributed by atoms with van der Waals surface area (Å²) in [6, 6.07) is 13.7. The van der Waals surface area contributed by atoms with Crippen molar-refractivity contribution in [2.45, 2.75) is 44.9 Å². The molecule has 0 spiro atoms. The van der Waals surface area contributed by atoms with Crippen molar-refractivity contribution in [3.8, 4) is 5.75 Å². The van der Waals surface area contributed by atoms with Gasteiger partial charge in [-0.25, -0.2) is 0 Å². The zero-order valence-corrected chi connectivity index (χ0v) is 16.8. The molecule has 1 unspecified atom stereocenters. The normalized spacial score (nSPS) is 16.7. The summed E-state index contributed by atoms with van der Waals surface area (Å²) in [5, 5.41) is 8.43. The molecule has 1 atom stereocenters. The van der Waals surface area contributed by atoms with Crippen LogP contribution in [0.15, 0.2) is 54.9 Å². The minimum atomic E-state index is 0.123. The molecule has 29 heavy (non-hydrogen) atoms. The van der Waals surface area contributed by atoms with Crippen LogP contribution >= 0.6 is 0 Å². The minimum absolute atomic E-state index is 0.123. The van der Waals surface area contributed by atoms with Crippen molar-refractivity contribution in [3.05, 3.63) is 66.2 Å². The van der Waals surface area contributed by atoms with Crippen LogP contribution in [0, 0.1) is 0 Å². The number of carbonyl (C=O) groups is 1. The van der Waals surface area contributed by atoms with Crippen LogP contribution in [0.4, 0.5) is 0 Å². The molecule has 7 nitrogen and oxygen atoms in total. The zero-order valence-electron chi connectivity index (χ0n) is 16.8. The average molecular weight is 393 g/mol. The maximum atomic E-state index is 13.0. The van der Waals surface area contributed by atoms with E-state index in [4.69, 9.17) is 4.74 Å². The fraction of sp³-hybridized carbons (Fsp3) is 0.409. The molecule has 0 radical (unpaired) electrons. The van der Waals surface area contributed by atoms with Gasteiger partial charge in [0.05, 0.1) is 6.20 Å². The molecule has 0 saturated carbocycles. The van der Waals surface area contributed by atoms with Crippen molar-refractivity contribution >= 4 is 5.91 Å². The number of ether oxygens (including phenoxy) is 1. The molecule has 1 aliphatic heterocycles. The molecule has 3 aromatic rings. The van der Waals surface area contributed by atoms with Gasteiger partial charge in [0.2, 0.25) is 0 Å². The summed E-state index contributed by atoms with van der Waals surface area (Å²) in [6.07, 6.45) is 7.98. The third-order valence-electron chi connectivity index (χ3n) is 5.46. The summed E-state index contributed by atoms with van der Waals surface area (Å²) in [7, 11) is 1.92. The Morgan fingerprint density at radius 3 is 2.83 bits per heavy atom. The summed E-state index contributed by atoms with van der Waals surface area (Å²) >= 11 is 0. The van der Waals surface area contributed by atoms with Gasteiger partial charge in [-0.3, -0.25) is 9.48 Å². The summed E-state index contributed by atoms with van der Waals surface area (Å²) in [4.78, 5) is 15.0. The van der Waals surface area contributed by atoms with Gasteiger partial charge in [0.1, 0.15) is 23.7 Å². The lowest BCUT2D eigenvalue weighted by Crippen LogP contribution is -2.44. The molecule has 1 aliphatic rings. The van der Waals surface area contributed by atoms with Crippen LogP contribution in [-0.2, 0) is 20.2 Å². The molecule has 1 aromatic carbocycles. The van der Waals surface area contributed by atoms with Crippen LogP contribution in [-0.4, -0.2) is 43.0 Å². The number of aryl methyl sites for hydroxylation is 2. The Hall–Kier alpha value is -3.09. The number of benzene rings is 1. The first-order chi connectivity index (χ1) is 14.2. The Kier molecular flexibility index (Phi) is 5.93. The second-order valence-electron chi connectivity index (χ2n) is 7.52. The summed E-state index contributed by atoms with van der Waals surface area (Å²) in [5.74, 6) is 0.942. The molecule has 1 amide bonds. The number of likely N-dealkylation sites (tertiary alicyclic amines) is 1. The molecular formula is C22H27N5O2. The molecular weight excluding hydrogens is 366 g/mol. The number of amides is 1. The topological polar surface area (TPSA) is 65.2 Å². The van der Waals surface area contributed by atoms with E-state index in [0.717, 1.165) is 55.9 Å². The highest BCUT2D eigenvalue weighted by Crippen LogP contribution is 2.22. The second-order valence-corrected chi connectivity index (χ2v) is 7.52. The first-order valence-electron chi connectivity index (χ1n) is 10.2. The number of piperidine rings is 1. The van der Waals surface area contributed by atoms with E-state index in [1.54, 1.807) is 0 Å². The third kappa shape index (κ3) is 4.67. The van der Waals surface area contributed by atoms with Crippen LogP contribution < -0.4 is 4.74 Å². The SMILES string of the molecule is Cn1cccc1C(=O)N1CCCCC1CCn1cc(COc2ccccc2)nn1. The van der Waals surface area contributed by atoms with E-state index in [0.29, 0.717) is 6.61 Å². The zero-order chi connectivity index (χ0) is 20.1. The van der Waals surface area contributed by atoms with E-state index in [2.05, 4.69) is 10.3 Å². The van der Waals surface area contributed by atoms with Gasteiger partial charge in [-0.1, -0.05) is 23.4 Å². The van der Waals surface area contributed by atoms with Crippen LogP contribution in [0.3, 0.4) is 0 Å². The van der Waals surface area contributed by atoms with Crippen molar-refractivity contribution in [1.29, 1.82) is 0 Å². The smallest absolute Gasteiger partial charge is 0.270 e. The molecule has 152 valence electrons. The van der Waals surface area contributed by atoms with Crippen LogP contribution in [0.1, 0.15) is 41.9 Å². The molecule has 1 saturated heterocycles. The Labute approximate surface area is 170 Å². The van der Waals surface area contributed by atoms with Crippen LogP contribution in [0.2, 0.25) is 0 Å². The van der Waals surface area contributed by atoms with Gasteiger partial charge in [-0.2, -0.15) is 0 Å².